The molecule has 2 saturated heterocycles. The molecule has 0 bridgehead atoms. The van der Waals surface area contributed by atoms with Crippen molar-refractivity contribution < 1.29 is 9.53 Å². The maximum Gasteiger partial charge on any atom is 0.256 e. The first kappa shape index (κ1) is 24.7. The Morgan fingerprint density at radius 1 is 1.14 bits per heavy atom. The van der Waals surface area contributed by atoms with Gasteiger partial charge in [-0.1, -0.05) is 59.8 Å². The number of rotatable bonds is 5. The van der Waals surface area contributed by atoms with Crippen LogP contribution in [0.5, 0.6) is 0 Å². The van der Waals surface area contributed by atoms with Crippen LogP contribution >= 0.6 is 23.4 Å². The molecule has 3 aromatic rings. The minimum atomic E-state index is -0.0302. The zero-order chi connectivity index (χ0) is 25.6. The monoisotopic (exact) mass is 535 g/mol. The highest BCUT2D eigenvalue weighted by atomic mass is 35.5. The molecule has 0 saturated carbocycles. The van der Waals surface area contributed by atoms with Gasteiger partial charge in [-0.15, -0.1) is 0 Å². The van der Waals surface area contributed by atoms with E-state index in [1.807, 2.05) is 53.6 Å². The molecule has 3 aliphatic rings. The number of nitrogens with zero attached hydrogens (tertiary/aromatic N) is 4. The van der Waals surface area contributed by atoms with Crippen LogP contribution in [0.15, 0.2) is 64.8 Å². The molecule has 0 aliphatic carbocycles. The molecule has 2 N–H and O–H groups in total. The average Bonchev–Trinajstić information content (AvgIpc) is 3.38. The average molecular weight is 536 g/mol. The third kappa shape index (κ3) is 4.61. The number of aromatic nitrogens is 2. The number of fused-ring (bicyclic) bond motifs is 1. The van der Waals surface area contributed by atoms with E-state index in [-0.39, 0.29) is 23.5 Å². The van der Waals surface area contributed by atoms with Crippen LogP contribution in [-0.4, -0.2) is 52.6 Å². The molecule has 2 fully saturated rings. The van der Waals surface area contributed by atoms with Crippen molar-refractivity contribution in [2.45, 2.75) is 54.9 Å². The minimum Gasteiger partial charge on any atom is -0.376 e. The lowest BCUT2D eigenvalue weighted by atomic mass is 9.73. The number of hydrogen-bond donors (Lipinski definition) is 1. The minimum absolute atomic E-state index is 0.0302. The van der Waals surface area contributed by atoms with Crippen LogP contribution in [0.2, 0.25) is 5.02 Å². The summed E-state index contributed by atoms with van der Waals surface area (Å²) >= 11 is 8.19. The predicted molar refractivity (Wildman–Crippen MR) is 145 cm³/mol. The van der Waals surface area contributed by atoms with E-state index in [2.05, 4.69) is 21.8 Å². The van der Waals surface area contributed by atoms with E-state index in [0.717, 1.165) is 59.4 Å². The largest absolute Gasteiger partial charge is 0.376 e. The summed E-state index contributed by atoms with van der Waals surface area (Å²) in [4.78, 5) is 27.4. The van der Waals surface area contributed by atoms with Gasteiger partial charge in [0, 0.05) is 42.5 Å². The Hall–Kier alpha value is -2.65. The summed E-state index contributed by atoms with van der Waals surface area (Å²) in [5.41, 5.74) is 9.19. The molecular formula is C28H30ClN5O2S. The van der Waals surface area contributed by atoms with Gasteiger partial charge in [-0.3, -0.25) is 4.79 Å². The van der Waals surface area contributed by atoms with Gasteiger partial charge in [0.2, 0.25) is 0 Å². The van der Waals surface area contributed by atoms with E-state index >= 15 is 0 Å². The first-order valence-corrected chi connectivity index (χ1v) is 13.9. The van der Waals surface area contributed by atoms with Crippen molar-refractivity contribution in [3.05, 3.63) is 76.6 Å². The van der Waals surface area contributed by atoms with Gasteiger partial charge in [0.15, 0.2) is 0 Å². The molecule has 2 atom stereocenters. The highest BCUT2D eigenvalue weighted by molar-refractivity contribution is 7.99. The summed E-state index contributed by atoms with van der Waals surface area (Å²) in [6.45, 7) is 5.73. The lowest BCUT2D eigenvalue weighted by Gasteiger charge is -2.41. The quantitative estimate of drug-likeness (QED) is 0.503. The molecule has 0 unspecified atom stereocenters. The second-order valence-electron chi connectivity index (χ2n) is 10.3. The van der Waals surface area contributed by atoms with Crippen LogP contribution in [0.1, 0.15) is 41.3 Å². The molecule has 2 aromatic carbocycles. The molecule has 0 radical (unpaired) electrons. The molecule has 7 nitrogen and oxygen atoms in total. The van der Waals surface area contributed by atoms with Crippen LogP contribution in [0.4, 0.5) is 5.82 Å². The molecule has 1 amide bonds. The predicted octanol–water partition coefficient (Wildman–Crippen LogP) is 4.77. The summed E-state index contributed by atoms with van der Waals surface area (Å²) < 4.78 is 5.84. The van der Waals surface area contributed by atoms with Crippen LogP contribution in [0.25, 0.3) is 0 Å². The number of halogens is 1. The van der Waals surface area contributed by atoms with E-state index in [9.17, 15) is 4.79 Å². The van der Waals surface area contributed by atoms with Gasteiger partial charge in [-0.25, -0.2) is 9.97 Å². The van der Waals surface area contributed by atoms with Crippen molar-refractivity contribution in [3.8, 4) is 0 Å². The van der Waals surface area contributed by atoms with E-state index < -0.39 is 0 Å². The van der Waals surface area contributed by atoms with Gasteiger partial charge >= 0.3 is 0 Å². The number of hydrogen-bond acceptors (Lipinski definition) is 7. The fourth-order valence-corrected chi connectivity index (χ4v) is 6.84. The molecular weight excluding hydrogens is 506 g/mol. The number of amides is 1. The Morgan fingerprint density at radius 3 is 2.59 bits per heavy atom. The number of carbonyl (C=O) groups excluding carboxylic acids is 1. The standard InChI is InChI=1S/C28H30ClN5O2S/c1-18-26(30)28(17-36-18)9-11-33(12-10-28)22-13-32-23(14-31-22)37-21-8-7-20-16-34(27(35)24(20)25(21)29)15-19-5-3-2-4-6-19/h2-8,13-14,18,26H,9-12,15-17,30H2,1H3/t18-,26+/m0/s1. The molecule has 4 heterocycles. The van der Waals surface area contributed by atoms with Crippen molar-refractivity contribution in [2.24, 2.45) is 11.1 Å². The molecule has 1 aromatic heterocycles. The molecule has 9 heteroatoms. The second kappa shape index (κ2) is 9.91. The lowest BCUT2D eigenvalue weighted by Crippen LogP contribution is -2.50. The summed E-state index contributed by atoms with van der Waals surface area (Å²) in [7, 11) is 0. The SMILES string of the molecule is C[C@@H]1OCC2(CCN(c3cnc(Sc4ccc5c(c4Cl)C(=O)N(Cc4ccccc4)C5)cn3)CC2)[C@@H]1N. The Kier molecular flexibility index (Phi) is 6.61. The van der Waals surface area contributed by atoms with Crippen molar-refractivity contribution in [1.29, 1.82) is 0 Å². The first-order valence-electron chi connectivity index (χ1n) is 12.7. The third-order valence-electron chi connectivity index (χ3n) is 8.03. The van der Waals surface area contributed by atoms with E-state index in [4.69, 9.17) is 22.1 Å². The summed E-state index contributed by atoms with van der Waals surface area (Å²) in [6.07, 6.45) is 5.72. The van der Waals surface area contributed by atoms with Gasteiger partial charge in [0.05, 0.1) is 35.7 Å². The van der Waals surface area contributed by atoms with E-state index in [1.165, 1.54) is 11.8 Å². The van der Waals surface area contributed by atoms with Crippen molar-refractivity contribution >= 4 is 35.1 Å². The molecule has 192 valence electrons. The van der Waals surface area contributed by atoms with Crippen LogP contribution in [0.3, 0.4) is 0 Å². The first-order chi connectivity index (χ1) is 17.9. The summed E-state index contributed by atoms with van der Waals surface area (Å²) in [5.74, 6) is 0.837. The maximum atomic E-state index is 13.2. The Labute approximate surface area is 226 Å². The number of benzene rings is 2. The molecule has 6 rings (SSSR count). The summed E-state index contributed by atoms with van der Waals surface area (Å²) in [6, 6.07) is 14.1. The molecule has 3 aliphatic heterocycles. The Morgan fingerprint density at radius 2 is 1.92 bits per heavy atom. The maximum absolute atomic E-state index is 13.2. The normalized spacial score (nSPS) is 22.6. The van der Waals surface area contributed by atoms with Crippen LogP contribution in [0, 0.1) is 5.41 Å². The number of carbonyl (C=O) groups is 1. The van der Waals surface area contributed by atoms with Crippen molar-refractivity contribution in [1.82, 2.24) is 14.9 Å². The van der Waals surface area contributed by atoms with Gasteiger partial charge in [0.25, 0.3) is 5.91 Å². The zero-order valence-electron chi connectivity index (χ0n) is 20.8. The van der Waals surface area contributed by atoms with Crippen LogP contribution in [-0.2, 0) is 17.8 Å². The van der Waals surface area contributed by atoms with Gasteiger partial charge < -0.3 is 20.3 Å². The fraction of sp³-hybridized carbons (Fsp3) is 0.393. The highest BCUT2D eigenvalue weighted by Gasteiger charge is 2.47. The highest BCUT2D eigenvalue weighted by Crippen LogP contribution is 2.42. The third-order valence-corrected chi connectivity index (χ3v) is 9.51. The topological polar surface area (TPSA) is 84.6 Å². The number of nitrogens with two attached hydrogens (primary N) is 1. The Balaban J connectivity index is 1.11. The van der Waals surface area contributed by atoms with Gasteiger partial charge in [-0.05, 0) is 37.0 Å². The van der Waals surface area contributed by atoms with Crippen LogP contribution < -0.4 is 10.6 Å². The van der Waals surface area contributed by atoms with E-state index in [1.54, 1.807) is 6.20 Å². The second-order valence-corrected chi connectivity index (χ2v) is 11.7. The summed E-state index contributed by atoms with van der Waals surface area (Å²) in [5, 5.41) is 1.23. The number of anilines is 1. The zero-order valence-corrected chi connectivity index (χ0v) is 22.3. The number of ether oxygens (including phenoxy) is 1. The van der Waals surface area contributed by atoms with Crippen molar-refractivity contribution in [2.75, 3.05) is 24.6 Å². The van der Waals surface area contributed by atoms with Gasteiger partial charge in [-0.2, -0.15) is 0 Å². The van der Waals surface area contributed by atoms with Gasteiger partial charge in [0.1, 0.15) is 10.8 Å². The Bertz CT molecular complexity index is 1300. The smallest absolute Gasteiger partial charge is 0.256 e. The molecule has 37 heavy (non-hydrogen) atoms. The van der Waals surface area contributed by atoms with E-state index in [0.29, 0.717) is 23.7 Å². The number of piperidine rings is 1. The fourth-order valence-electron chi connectivity index (χ4n) is 5.70. The lowest BCUT2D eigenvalue weighted by molar-refractivity contribution is 0.0766. The van der Waals surface area contributed by atoms with Crippen molar-refractivity contribution in [3.63, 3.8) is 0 Å². The molecule has 1 spiro atoms.